The second-order valence-corrected chi connectivity index (χ2v) is 6.49. The molecule has 2 aromatic heterocycles. The first kappa shape index (κ1) is 16.8. The quantitative estimate of drug-likeness (QED) is 0.593. The van der Waals surface area contributed by atoms with Gasteiger partial charge in [-0.15, -0.1) is 11.3 Å². The van der Waals surface area contributed by atoms with E-state index < -0.39 is 16.4 Å². The minimum Gasteiger partial charge on any atom is -0.349 e. The average Bonchev–Trinajstić information content (AvgIpc) is 3.25. The molecule has 130 valence electrons. The zero-order chi connectivity index (χ0) is 18.0. The summed E-state index contributed by atoms with van der Waals surface area (Å²) in [5.41, 5.74) is -0.455. The Balaban J connectivity index is 1.70. The molecule has 2 heterocycles. The van der Waals surface area contributed by atoms with Crippen LogP contribution in [0.5, 0.6) is 0 Å². The van der Waals surface area contributed by atoms with Crippen molar-refractivity contribution in [2.24, 2.45) is 0 Å². The lowest BCUT2D eigenvalue weighted by Crippen LogP contribution is -2.28. The molecule has 0 bridgehead atoms. The molecule has 1 saturated carbocycles. The molecule has 1 aliphatic rings. The first-order chi connectivity index (χ1) is 11.9. The van der Waals surface area contributed by atoms with Crippen molar-refractivity contribution in [3.05, 3.63) is 55.8 Å². The third-order valence-corrected chi connectivity index (χ3v) is 4.40. The van der Waals surface area contributed by atoms with Crippen LogP contribution in [-0.4, -0.2) is 27.3 Å². The van der Waals surface area contributed by atoms with Gasteiger partial charge in [0.25, 0.3) is 17.2 Å². The van der Waals surface area contributed by atoms with E-state index in [-0.39, 0.29) is 24.2 Å². The van der Waals surface area contributed by atoms with Gasteiger partial charge in [0.05, 0.1) is 16.7 Å². The molecular weight excluding hydrogens is 348 g/mol. The Morgan fingerprint density at radius 3 is 2.76 bits per heavy atom. The topological polar surface area (TPSA) is 123 Å². The summed E-state index contributed by atoms with van der Waals surface area (Å²) in [6.45, 7) is -0.387. The summed E-state index contributed by atoms with van der Waals surface area (Å²) in [4.78, 5) is 46.1. The SMILES string of the molecule is O=C(Cn1cc([N+](=O)[O-])ccc1=O)Nc1sccc1C(=O)NC1CC1. The molecule has 0 saturated heterocycles. The molecule has 1 fully saturated rings. The first-order valence-corrected chi connectivity index (χ1v) is 8.35. The molecule has 0 spiro atoms. The van der Waals surface area contributed by atoms with Crippen molar-refractivity contribution < 1.29 is 14.5 Å². The zero-order valence-electron chi connectivity index (χ0n) is 12.9. The largest absolute Gasteiger partial charge is 0.349 e. The van der Waals surface area contributed by atoms with Gasteiger partial charge in [0, 0.05) is 18.2 Å². The van der Waals surface area contributed by atoms with Crippen LogP contribution in [0.2, 0.25) is 0 Å². The zero-order valence-corrected chi connectivity index (χ0v) is 13.7. The van der Waals surface area contributed by atoms with Crippen LogP contribution >= 0.6 is 11.3 Å². The van der Waals surface area contributed by atoms with E-state index in [0.29, 0.717) is 10.6 Å². The van der Waals surface area contributed by atoms with Crippen LogP contribution in [0.15, 0.2) is 34.6 Å². The monoisotopic (exact) mass is 362 g/mol. The van der Waals surface area contributed by atoms with Crippen molar-refractivity contribution in [2.75, 3.05) is 5.32 Å². The number of hydrogen-bond acceptors (Lipinski definition) is 6. The van der Waals surface area contributed by atoms with E-state index in [2.05, 4.69) is 10.6 Å². The molecule has 3 rings (SSSR count). The van der Waals surface area contributed by atoms with Crippen molar-refractivity contribution in [1.29, 1.82) is 0 Å². The van der Waals surface area contributed by atoms with Crippen LogP contribution < -0.4 is 16.2 Å². The van der Waals surface area contributed by atoms with Crippen LogP contribution in [0.4, 0.5) is 10.7 Å². The summed E-state index contributed by atoms with van der Waals surface area (Å²) in [5, 5.41) is 18.2. The van der Waals surface area contributed by atoms with Crippen LogP contribution in [-0.2, 0) is 11.3 Å². The summed E-state index contributed by atoms with van der Waals surface area (Å²) >= 11 is 1.19. The third kappa shape index (κ3) is 4.10. The van der Waals surface area contributed by atoms with Crippen molar-refractivity contribution in [3.8, 4) is 0 Å². The second kappa shape index (κ2) is 6.85. The van der Waals surface area contributed by atoms with Crippen molar-refractivity contribution >= 4 is 33.8 Å². The maximum absolute atomic E-state index is 12.2. The number of rotatable bonds is 6. The van der Waals surface area contributed by atoms with Gasteiger partial charge in [-0.05, 0) is 24.3 Å². The van der Waals surface area contributed by atoms with Crippen LogP contribution in [0.1, 0.15) is 23.2 Å². The predicted molar refractivity (Wildman–Crippen MR) is 90.8 cm³/mol. The predicted octanol–water partition coefficient (Wildman–Crippen LogP) is 1.35. The van der Waals surface area contributed by atoms with Crippen molar-refractivity contribution in [2.45, 2.75) is 25.4 Å². The summed E-state index contributed by atoms with van der Waals surface area (Å²) in [6, 6.07) is 3.92. The molecule has 9 nitrogen and oxygen atoms in total. The summed E-state index contributed by atoms with van der Waals surface area (Å²) in [6.07, 6.45) is 2.91. The maximum atomic E-state index is 12.2. The lowest BCUT2D eigenvalue weighted by molar-refractivity contribution is -0.385. The highest BCUT2D eigenvalue weighted by molar-refractivity contribution is 7.14. The van der Waals surface area contributed by atoms with Gasteiger partial charge in [0.1, 0.15) is 11.5 Å². The number of thiophene rings is 1. The normalized spacial score (nSPS) is 13.3. The average molecular weight is 362 g/mol. The van der Waals surface area contributed by atoms with Gasteiger partial charge in [-0.3, -0.25) is 29.1 Å². The van der Waals surface area contributed by atoms with Crippen LogP contribution in [0.3, 0.4) is 0 Å². The Bertz CT molecular complexity index is 899. The number of carbonyl (C=O) groups is 2. The van der Waals surface area contributed by atoms with E-state index in [4.69, 9.17) is 0 Å². The van der Waals surface area contributed by atoms with E-state index in [9.17, 15) is 24.5 Å². The molecule has 1 aliphatic carbocycles. The molecule has 2 amide bonds. The Morgan fingerprint density at radius 2 is 2.08 bits per heavy atom. The van der Waals surface area contributed by atoms with E-state index in [0.717, 1.165) is 35.7 Å². The van der Waals surface area contributed by atoms with Crippen LogP contribution in [0.25, 0.3) is 0 Å². The van der Waals surface area contributed by atoms with Gasteiger partial charge >= 0.3 is 0 Å². The molecule has 2 aromatic rings. The number of hydrogen-bond donors (Lipinski definition) is 2. The van der Waals surface area contributed by atoms with Crippen LogP contribution in [0, 0.1) is 10.1 Å². The lowest BCUT2D eigenvalue weighted by atomic mass is 10.3. The standard InChI is InChI=1S/C15H14N4O5S/c20-12(8-18-7-10(19(23)24)3-4-13(18)21)17-15-11(5-6-25-15)14(22)16-9-1-2-9/h3-7,9H,1-2,8H2,(H,16,22)(H,17,20). The van der Waals surface area contributed by atoms with E-state index in [1.165, 1.54) is 11.3 Å². The van der Waals surface area contributed by atoms with E-state index in [1.807, 2.05) is 0 Å². The molecule has 2 N–H and O–H groups in total. The Kier molecular flexibility index (Phi) is 4.61. The molecular formula is C15H14N4O5S. The second-order valence-electron chi connectivity index (χ2n) is 5.57. The van der Waals surface area contributed by atoms with Gasteiger partial charge in [0.2, 0.25) is 5.91 Å². The fraction of sp³-hybridized carbons (Fsp3) is 0.267. The van der Waals surface area contributed by atoms with Gasteiger partial charge in [-0.25, -0.2) is 0 Å². The Hall–Kier alpha value is -3.01. The molecule has 0 aliphatic heterocycles. The number of pyridine rings is 1. The number of amides is 2. The number of aromatic nitrogens is 1. The lowest BCUT2D eigenvalue weighted by Gasteiger charge is -2.08. The molecule has 0 aromatic carbocycles. The number of nitro groups is 1. The molecule has 10 heteroatoms. The summed E-state index contributed by atoms with van der Waals surface area (Å²) < 4.78 is 0.949. The summed E-state index contributed by atoms with van der Waals surface area (Å²) in [5.74, 6) is -0.808. The van der Waals surface area contributed by atoms with Gasteiger partial charge < -0.3 is 10.6 Å². The fourth-order valence-electron chi connectivity index (χ4n) is 2.15. The minimum atomic E-state index is -0.645. The smallest absolute Gasteiger partial charge is 0.285 e. The highest BCUT2D eigenvalue weighted by Crippen LogP contribution is 2.25. The number of nitrogens with one attached hydrogen (secondary N) is 2. The van der Waals surface area contributed by atoms with Crippen molar-refractivity contribution in [1.82, 2.24) is 9.88 Å². The van der Waals surface area contributed by atoms with E-state index in [1.54, 1.807) is 11.4 Å². The molecule has 0 unspecified atom stereocenters. The molecule has 25 heavy (non-hydrogen) atoms. The molecule has 0 atom stereocenters. The first-order valence-electron chi connectivity index (χ1n) is 7.47. The minimum absolute atomic E-state index is 0.194. The third-order valence-electron chi connectivity index (χ3n) is 3.57. The number of anilines is 1. The van der Waals surface area contributed by atoms with Crippen molar-refractivity contribution in [3.63, 3.8) is 0 Å². The maximum Gasteiger partial charge on any atom is 0.285 e. The number of nitrogens with zero attached hydrogens (tertiary/aromatic N) is 2. The summed E-state index contributed by atoms with van der Waals surface area (Å²) in [7, 11) is 0. The van der Waals surface area contributed by atoms with E-state index >= 15 is 0 Å². The van der Waals surface area contributed by atoms with Gasteiger partial charge in [0.15, 0.2) is 0 Å². The molecule has 0 radical (unpaired) electrons. The fourth-order valence-corrected chi connectivity index (χ4v) is 2.95. The Labute approximate surface area is 145 Å². The highest BCUT2D eigenvalue weighted by atomic mass is 32.1. The van der Waals surface area contributed by atoms with Gasteiger partial charge in [-0.2, -0.15) is 0 Å². The highest BCUT2D eigenvalue weighted by Gasteiger charge is 2.25. The number of carbonyl (C=O) groups excluding carboxylic acids is 2. The van der Waals surface area contributed by atoms with Gasteiger partial charge in [-0.1, -0.05) is 0 Å². The Morgan fingerprint density at radius 1 is 1.32 bits per heavy atom.